The van der Waals surface area contributed by atoms with Crippen molar-refractivity contribution in [1.29, 1.82) is 0 Å². The average molecular weight is 491 g/mol. The van der Waals surface area contributed by atoms with Crippen molar-refractivity contribution in [3.8, 4) is 0 Å². The van der Waals surface area contributed by atoms with E-state index in [-0.39, 0.29) is 27.1 Å². The van der Waals surface area contributed by atoms with Gasteiger partial charge >= 0.3 is 0 Å². The molecule has 1 unspecified atom stereocenters. The SMILES string of the molecule is CC(=O)c1cccc(NC(=O)C(Cc2ccccc2)NS(=O)(=O)c2c(Cl)cccc2Cl)c1. The minimum Gasteiger partial charge on any atom is -0.325 e. The molecule has 0 fully saturated rings. The van der Waals surface area contributed by atoms with Gasteiger partial charge in [-0.1, -0.05) is 71.7 Å². The van der Waals surface area contributed by atoms with Crippen molar-refractivity contribution >= 4 is 50.6 Å². The minimum atomic E-state index is -4.23. The van der Waals surface area contributed by atoms with Crippen LogP contribution in [0.2, 0.25) is 10.0 Å². The van der Waals surface area contributed by atoms with Crippen LogP contribution in [0.25, 0.3) is 0 Å². The molecule has 1 amide bonds. The van der Waals surface area contributed by atoms with Crippen LogP contribution in [-0.2, 0) is 21.2 Å². The number of rotatable bonds is 8. The van der Waals surface area contributed by atoms with Crippen LogP contribution in [-0.4, -0.2) is 26.2 Å². The van der Waals surface area contributed by atoms with Gasteiger partial charge in [-0.05, 0) is 43.2 Å². The second kappa shape index (κ2) is 10.3. The maximum atomic E-state index is 13.1. The van der Waals surface area contributed by atoms with Crippen molar-refractivity contribution in [2.75, 3.05) is 5.32 Å². The van der Waals surface area contributed by atoms with Gasteiger partial charge in [0.1, 0.15) is 10.9 Å². The summed E-state index contributed by atoms with van der Waals surface area (Å²) in [5.41, 5.74) is 1.54. The molecule has 0 spiro atoms. The summed E-state index contributed by atoms with van der Waals surface area (Å²) in [5, 5.41) is 2.56. The third-order valence-corrected chi connectivity index (χ3v) is 7.05. The Hall–Kier alpha value is -2.71. The van der Waals surface area contributed by atoms with Gasteiger partial charge in [0.05, 0.1) is 10.0 Å². The van der Waals surface area contributed by atoms with E-state index in [9.17, 15) is 18.0 Å². The number of Topliss-reactive ketones (excluding diaryl/α,β-unsaturated/α-hetero) is 1. The molecule has 3 aromatic carbocycles. The van der Waals surface area contributed by atoms with Crippen LogP contribution in [0.5, 0.6) is 0 Å². The highest BCUT2D eigenvalue weighted by Gasteiger charge is 2.29. The van der Waals surface area contributed by atoms with Crippen molar-refractivity contribution in [1.82, 2.24) is 4.72 Å². The number of hydrogen-bond acceptors (Lipinski definition) is 4. The van der Waals surface area contributed by atoms with Crippen LogP contribution in [0.3, 0.4) is 0 Å². The first-order valence-electron chi connectivity index (χ1n) is 9.59. The molecule has 0 saturated carbocycles. The number of halogens is 2. The maximum absolute atomic E-state index is 13.1. The van der Waals surface area contributed by atoms with Gasteiger partial charge in [-0.2, -0.15) is 4.72 Å². The van der Waals surface area contributed by atoms with E-state index in [2.05, 4.69) is 10.0 Å². The normalized spacial score (nSPS) is 12.2. The summed E-state index contributed by atoms with van der Waals surface area (Å²) in [6.45, 7) is 1.42. The van der Waals surface area contributed by atoms with Crippen molar-refractivity contribution in [3.05, 3.63) is 94.0 Å². The number of carbonyl (C=O) groups excluding carboxylic acids is 2. The molecule has 0 bridgehead atoms. The predicted octanol–water partition coefficient (Wildman–Crippen LogP) is 4.72. The molecule has 9 heteroatoms. The van der Waals surface area contributed by atoms with E-state index < -0.39 is 22.0 Å². The van der Waals surface area contributed by atoms with Crippen LogP contribution in [0.4, 0.5) is 5.69 Å². The molecule has 0 saturated heterocycles. The Morgan fingerprint density at radius 1 is 0.906 bits per heavy atom. The molecule has 0 heterocycles. The van der Waals surface area contributed by atoms with Crippen molar-refractivity contribution in [2.45, 2.75) is 24.3 Å². The van der Waals surface area contributed by atoms with Crippen LogP contribution in [0, 0.1) is 0 Å². The van der Waals surface area contributed by atoms with Gasteiger partial charge < -0.3 is 5.32 Å². The number of nitrogens with one attached hydrogen (secondary N) is 2. The number of amides is 1. The summed E-state index contributed by atoms with van der Waals surface area (Å²) >= 11 is 12.2. The first-order valence-corrected chi connectivity index (χ1v) is 11.8. The molecule has 3 aromatic rings. The van der Waals surface area contributed by atoms with Gasteiger partial charge in [0, 0.05) is 11.3 Å². The van der Waals surface area contributed by atoms with Crippen molar-refractivity contribution in [2.24, 2.45) is 0 Å². The van der Waals surface area contributed by atoms with Gasteiger partial charge in [-0.3, -0.25) is 9.59 Å². The maximum Gasteiger partial charge on any atom is 0.244 e. The molecule has 6 nitrogen and oxygen atoms in total. The molecule has 166 valence electrons. The molecule has 1 atom stereocenters. The molecule has 32 heavy (non-hydrogen) atoms. The first-order chi connectivity index (χ1) is 15.2. The molecule has 0 aliphatic heterocycles. The van der Waals surface area contributed by atoms with Gasteiger partial charge in [0.15, 0.2) is 5.78 Å². The Kier molecular flexibility index (Phi) is 7.69. The highest BCUT2D eigenvalue weighted by atomic mass is 35.5. The number of carbonyl (C=O) groups is 2. The third-order valence-electron chi connectivity index (χ3n) is 4.62. The lowest BCUT2D eigenvalue weighted by Crippen LogP contribution is -2.45. The number of benzene rings is 3. The monoisotopic (exact) mass is 490 g/mol. The number of sulfonamides is 1. The van der Waals surface area contributed by atoms with Gasteiger partial charge in [0.25, 0.3) is 0 Å². The largest absolute Gasteiger partial charge is 0.325 e. The zero-order valence-electron chi connectivity index (χ0n) is 17.0. The van der Waals surface area contributed by atoms with E-state index in [0.29, 0.717) is 11.3 Å². The van der Waals surface area contributed by atoms with E-state index in [1.165, 1.54) is 31.2 Å². The van der Waals surface area contributed by atoms with Crippen LogP contribution < -0.4 is 10.0 Å². The van der Waals surface area contributed by atoms with Crippen LogP contribution in [0.1, 0.15) is 22.8 Å². The van der Waals surface area contributed by atoms with Crippen LogP contribution >= 0.6 is 23.2 Å². The number of anilines is 1. The van der Waals surface area contributed by atoms with Gasteiger partial charge in [0.2, 0.25) is 15.9 Å². The Labute approximate surface area is 196 Å². The molecule has 0 aliphatic rings. The second-order valence-electron chi connectivity index (χ2n) is 7.04. The molecule has 3 rings (SSSR count). The smallest absolute Gasteiger partial charge is 0.244 e. The molecular weight excluding hydrogens is 471 g/mol. The minimum absolute atomic E-state index is 0.0574. The zero-order chi connectivity index (χ0) is 23.3. The summed E-state index contributed by atoms with van der Waals surface area (Å²) < 4.78 is 28.6. The fraction of sp³-hybridized carbons (Fsp3) is 0.130. The summed E-state index contributed by atoms with van der Waals surface area (Å²) in [7, 11) is -4.23. The molecule has 0 radical (unpaired) electrons. The third kappa shape index (κ3) is 5.95. The van der Waals surface area contributed by atoms with E-state index in [4.69, 9.17) is 23.2 Å². The molecule has 0 aliphatic carbocycles. The highest BCUT2D eigenvalue weighted by Crippen LogP contribution is 2.29. The van der Waals surface area contributed by atoms with E-state index in [1.54, 1.807) is 42.5 Å². The first kappa shape index (κ1) is 23.9. The predicted molar refractivity (Wildman–Crippen MR) is 126 cm³/mol. The van der Waals surface area contributed by atoms with Crippen LogP contribution in [0.15, 0.2) is 77.7 Å². The number of ketones is 1. The van der Waals surface area contributed by atoms with E-state index in [1.807, 2.05) is 6.07 Å². The summed E-state index contributed by atoms with van der Waals surface area (Å²) in [4.78, 5) is 24.4. The number of hydrogen-bond donors (Lipinski definition) is 2. The highest BCUT2D eigenvalue weighted by molar-refractivity contribution is 7.89. The van der Waals surface area contributed by atoms with E-state index >= 15 is 0 Å². The molecular formula is C23H20Cl2N2O4S. The topological polar surface area (TPSA) is 92.3 Å². The van der Waals surface area contributed by atoms with Gasteiger partial charge in [-0.25, -0.2) is 8.42 Å². The summed E-state index contributed by atoms with van der Waals surface area (Å²) in [6, 6.07) is 18.5. The lowest BCUT2D eigenvalue weighted by Gasteiger charge is -2.20. The average Bonchev–Trinajstić information content (AvgIpc) is 2.73. The van der Waals surface area contributed by atoms with Gasteiger partial charge in [-0.15, -0.1) is 0 Å². The Morgan fingerprint density at radius 2 is 1.53 bits per heavy atom. The Balaban J connectivity index is 1.92. The Bertz CT molecular complexity index is 1230. The zero-order valence-corrected chi connectivity index (χ0v) is 19.3. The second-order valence-corrected chi connectivity index (χ2v) is 9.51. The lowest BCUT2D eigenvalue weighted by atomic mass is 10.1. The summed E-state index contributed by atoms with van der Waals surface area (Å²) in [6.07, 6.45) is 0.0837. The fourth-order valence-corrected chi connectivity index (χ4v) is 5.41. The summed E-state index contributed by atoms with van der Waals surface area (Å²) in [5.74, 6) is -0.752. The van der Waals surface area contributed by atoms with E-state index in [0.717, 1.165) is 5.56 Å². The Morgan fingerprint density at radius 3 is 2.16 bits per heavy atom. The standard InChI is InChI=1S/C23H20Cl2N2O4S/c1-15(28)17-9-5-10-18(14-17)26-23(29)21(13-16-7-3-2-4-8-16)27-32(30,31)22-19(24)11-6-12-20(22)25/h2-12,14,21,27H,13H2,1H3,(H,26,29). The fourth-order valence-electron chi connectivity index (χ4n) is 3.07. The quantitative estimate of drug-likeness (QED) is 0.446. The lowest BCUT2D eigenvalue weighted by molar-refractivity contribution is -0.117. The molecule has 2 N–H and O–H groups in total. The van der Waals surface area contributed by atoms with Crippen molar-refractivity contribution < 1.29 is 18.0 Å². The molecule has 0 aromatic heterocycles. The van der Waals surface area contributed by atoms with Crippen molar-refractivity contribution in [3.63, 3.8) is 0 Å².